The number of carbonyl (C=O) groups is 1. The van der Waals surface area contributed by atoms with Crippen LogP contribution < -0.4 is 0 Å². The molecule has 8 heteroatoms. The number of hydrogen-bond donors (Lipinski definition) is 0. The normalized spacial score (nSPS) is 12.2. The lowest BCUT2D eigenvalue weighted by molar-refractivity contribution is -0.128. The third kappa shape index (κ3) is 4.05. The summed E-state index contributed by atoms with van der Waals surface area (Å²) in [5.41, 5.74) is 1.76. The monoisotopic (exact) mass is 388 g/mol. The minimum atomic E-state index is -0.290. The maximum Gasteiger partial charge on any atom is 0.233 e. The molecule has 0 aliphatic carbocycles. The minimum Gasteiger partial charge on any atom is -0.469 e. The summed E-state index contributed by atoms with van der Waals surface area (Å²) >= 11 is 1.33. The van der Waals surface area contributed by atoms with Gasteiger partial charge in [0.2, 0.25) is 5.91 Å². The van der Waals surface area contributed by atoms with E-state index in [2.05, 4.69) is 10.2 Å². The zero-order valence-electron chi connectivity index (χ0n) is 15.6. The molecule has 27 heavy (non-hydrogen) atoms. The number of aryl methyl sites for hydroxylation is 1. The first-order valence-electron chi connectivity index (χ1n) is 8.46. The Bertz CT molecular complexity index is 936. The molecule has 6 nitrogen and oxygen atoms in total. The van der Waals surface area contributed by atoms with Crippen LogP contribution in [0.4, 0.5) is 4.39 Å². The van der Waals surface area contributed by atoms with Gasteiger partial charge >= 0.3 is 0 Å². The fourth-order valence-electron chi connectivity index (χ4n) is 2.70. The van der Waals surface area contributed by atoms with Crippen molar-refractivity contribution < 1.29 is 13.6 Å². The first kappa shape index (κ1) is 19.2. The smallest absolute Gasteiger partial charge is 0.233 e. The van der Waals surface area contributed by atoms with Gasteiger partial charge in [-0.3, -0.25) is 4.79 Å². The van der Waals surface area contributed by atoms with Crippen molar-refractivity contribution in [1.29, 1.82) is 0 Å². The number of carbonyl (C=O) groups excluding carboxylic acids is 1. The summed E-state index contributed by atoms with van der Waals surface area (Å²) in [6, 6.07) is 7.88. The summed E-state index contributed by atoms with van der Waals surface area (Å²) in [6.07, 6.45) is 1.61. The maximum atomic E-state index is 13.1. The molecule has 2 aromatic heterocycles. The van der Waals surface area contributed by atoms with Crippen molar-refractivity contribution in [1.82, 2.24) is 19.7 Å². The Morgan fingerprint density at radius 2 is 2.00 bits per heavy atom. The average Bonchev–Trinajstić information content (AvgIpc) is 3.24. The summed E-state index contributed by atoms with van der Waals surface area (Å²) in [4.78, 5) is 14.2. The first-order chi connectivity index (χ1) is 12.9. The van der Waals surface area contributed by atoms with E-state index < -0.39 is 0 Å². The van der Waals surface area contributed by atoms with Crippen molar-refractivity contribution in [2.45, 2.75) is 25.0 Å². The molecule has 1 atom stereocenters. The van der Waals surface area contributed by atoms with Crippen LogP contribution in [0.1, 0.15) is 24.3 Å². The Kier molecular flexibility index (Phi) is 5.65. The number of thioether (sulfide) groups is 1. The van der Waals surface area contributed by atoms with Gasteiger partial charge in [0.1, 0.15) is 11.6 Å². The van der Waals surface area contributed by atoms with E-state index in [0.717, 1.165) is 16.9 Å². The van der Waals surface area contributed by atoms with Crippen LogP contribution in [0.25, 0.3) is 11.4 Å². The summed E-state index contributed by atoms with van der Waals surface area (Å²) in [5.74, 6) is 1.37. The largest absolute Gasteiger partial charge is 0.469 e. The van der Waals surface area contributed by atoms with E-state index in [1.807, 2.05) is 31.5 Å². The van der Waals surface area contributed by atoms with E-state index in [0.29, 0.717) is 11.0 Å². The molecular formula is C19H21FN4O2S. The first-order valence-corrected chi connectivity index (χ1v) is 9.44. The summed E-state index contributed by atoms with van der Waals surface area (Å²) in [7, 11) is 3.60. The maximum absolute atomic E-state index is 13.1. The number of amides is 1. The average molecular weight is 388 g/mol. The third-order valence-corrected chi connectivity index (χ3v) is 5.59. The number of furan rings is 1. The molecule has 0 spiro atoms. The van der Waals surface area contributed by atoms with E-state index in [1.165, 1.54) is 23.9 Å². The molecule has 0 saturated heterocycles. The highest BCUT2D eigenvalue weighted by Gasteiger charge is 2.20. The molecule has 3 aromatic rings. The van der Waals surface area contributed by atoms with Gasteiger partial charge in [-0.1, -0.05) is 23.9 Å². The van der Waals surface area contributed by atoms with E-state index in [4.69, 9.17) is 4.42 Å². The molecule has 0 aliphatic heterocycles. The standard InChI is InChI=1S/C19H21FN4O2S/c1-12(14-5-7-15(20)8-6-14)23(3)17(25)11-27-19-22-21-18(24(19)4)16-9-10-26-13(16)2/h5-10,12H,11H2,1-4H3. The Hall–Kier alpha value is -2.61. The number of nitrogens with zero attached hydrogens (tertiary/aromatic N) is 4. The van der Waals surface area contributed by atoms with Crippen LogP contribution in [-0.4, -0.2) is 38.4 Å². The van der Waals surface area contributed by atoms with Crippen LogP contribution in [0, 0.1) is 12.7 Å². The van der Waals surface area contributed by atoms with Crippen molar-refractivity contribution in [2.24, 2.45) is 7.05 Å². The minimum absolute atomic E-state index is 0.0409. The van der Waals surface area contributed by atoms with Gasteiger partial charge in [-0.2, -0.15) is 0 Å². The zero-order valence-corrected chi connectivity index (χ0v) is 16.5. The molecule has 1 aromatic carbocycles. The predicted molar refractivity (Wildman–Crippen MR) is 102 cm³/mol. The van der Waals surface area contributed by atoms with E-state index in [9.17, 15) is 9.18 Å². The van der Waals surface area contributed by atoms with E-state index in [-0.39, 0.29) is 23.5 Å². The summed E-state index contributed by atoms with van der Waals surface area (Å²) in [6.45, 7) is 3.78. The molecular weight excluding hydrogens is 367 g/mol. The predicted octanol–water partition coefficient (Wildman–Crippen LogP) is 3.83. The lowest BCUT2D eigenvalue weighted by Crippen LogP contribution is -2.31. The Morgan fingerprint density at radius 3 is 2.63 bits per heavy atom. The molecule has 0 N–H and O–H groups in total. The second-order valence-electron chi connectivity index (χ2n) is 6.28. The van der Waals surface area contributed by atoms with Gasteiger partial charge in [-0.25, -0.2) is 4.39 Å². The van der Waals surface area contributed by atoms with Gasteiger partial charge in [-0.15, -0.1) is 10.2 Å². The van der Waals surface area contributed by atoms with Gasteiger partial charge in [0.05, 0.1) is 23.6 Å². The SMILES string of the molecule is Cc1occc1-c1nnc(SCC(=O)N(C)C(C)c2ccc(F)cc2)n1C. The van der Waals surface area contributed by atoms with Crippen LogP contribution >= 0.6 is 11.8 Å². The highest BCUT2D eigenvalue weighted by atomic mass is 32.2. The second-order valence-corrected chi connectivity index (χ2v) is 7.22. The Labute approximate surface area is 161 Å². The molecule has 0 saturated carbocycles. The highest BCUT2D eigenvalue weighted by Crippen LogP contribution is 2.26. The van der Waals surface area contributed by atoms with Crippen molar-refractivity contribution in [3.05, 3.63) is 53.7 Å². The van der Waals surface area contributed by atoms with Crippen LogP contribution in [0.3, 0.4) is 0 Å². The van der Waals surface area contributed by atoms with Crippen LogP contribution in [0.15, 0.2) is 46.2 Å². The van der Waals surface area contributed by atoms with Crippen LogP contribution in [0.2, 0.25) is 0 Å². The second kappa shape index (κ2) is 7.96. The van der Waals surface area contributed by atoms with Crippen LogP contribution in [0.5, 0.6) is 0 Å². The number of hydrogen-bond acceptors (Lipinski definition) is 5. The molecule has 0 radical (unpaired) electrons. The molecule has 0 aliphatic rings. The van der Waals surface area contributed by atoms with E-state index >= 15 is 0 Å². The number of rotatable bonds is 6. The fourth-order valence-corrected chi connectivity index (χ4v) is 3.54. The number of benzene rings is 1. The molecule has 0 fully saturated rings. The topological polar surface area (TPSA) is 64.2 Å². The molecule has 142 valence electrons. The van der Waals surface area contributed by atoms with Gasteiger partial charge < -0.3 is 13.9 Å². The van der Waals surface area contributed by atoms with Crippen molar-refractivity contribution in [3.63, 3.8) is 0 Å². The number of halogens is 1. The number of aromatic nitrogens is 3. The van der Waals surface area contributed by atoms with Gasteiger partial charge in [0.25, 0.3) is 0 Å². The highest BCUT2D eigenvalue weighted by molar-refractivity contribution is 7.99. The van der Waals surface area contributed by atoms with Crippen molar-refractivity contribution in [3.8, 4) is 11.4 Å². The lowest BCUT2D eigenvalue weighted by atomic mass is 10.1. The quantitative estimate of drug-likeness (QED) is 0.601. The molecule has 0 bridgehead atoms. The molecule has 1 unspecified atom stereocenters. The van der Waals surface area contributed by atoms with E-state index in [1.54, 1.807) is 30.3 Å². The summed E-state index contributed by atoms with van der Waals surface area (Å²) < 4.78 is 20.2. The van der Waals surface area contributed by atoms with Gasteiger partial charge in [0.15, 0.2) is 11.0 Å². The fraction of sp³-hybridized carbons (Fsp3) is 0.316. The lowest BCUT2D eigenvalue weighted by Gasteiger charge is -2.25. The van der Waals surface area contributed by atoms with Gasteiger partial charge in [0, 0.05) is 14.1 Å². The van der Waals surface area contributed by atoms with Crippen molar-refractivity contribution >= 4 is 17.7 Å². The van der Waals surface area contributed by atoms with Crippen molar-refractivity contribution in [2.75, 3.05) is 12.8 Å². The third-order valence-electron chi connectivity index (χ3n) is 4.59. The Balaban J connectivity index is 1.64. The van der Waals surface area contributed by atoms with Crippen LogP contribution in [-0.2, 0) is 11.8 Å². The summed E-state index contributed by atoms with van der Waals surface area (Å²) in [5, 5.41) is 9.04. The molecule has 2 heterocycles. The Morgan fingerprint density at radius 1 is 1.30 bits per heavy atom. The molecule has 1 amide bonds. The zero-order chi connectivity index (χ0) is 19.6. The molecule has 3 rings (SSSR count). The van der Waals surface area contributed by atoms with Gasteiger partial charge in [-0.05, 0) is 37.6 Å².